The summed E-state index contributed by atoms with van der Waals surface area (Å²) >= 11 is 6.53. The van der Waals surface area contributed by atoms with Crippen LogP contribution < -0.4 is 5.32 Å². The van der Waals surface area contributed by atoms with Crippen LogP contribution >= 0.6 is 11.6 Å². The van der Waals surface area contributed by atoms with Gasteiger partial charge in [-0.05, 0) is 54.7 Å². The molecule has 0 saturated heterocycles. The van der Waals surface area contributed by atoms with E-state index in [1.165, 1.54) is 17.4 Å². The van der Waals surface area contributed by atoms with Gasteiger partial charge in [0.2, 0.25) is 0 Å². The van der Waals surface area contributed by atoms with Crippen LogP contribution in [0.25, 0.3) is 6.08 Å². The summed E-state index contributed by atoms with van der Waals surface area (Å²) < 4.78 is 5.24. The highest BCUT2D eigenvalue weighted by molar-refractivity contribution is 6.31. The zero-order chi connectivity index (χ0) is 21.8. The molecule has 0 aliphatic carbocycles. The molecule has 6 heteroatoms. The molecular formula is C25H26ClN3O2. The van der Waals surface area contributed by atoms with Crippen molar-refractivity contribution in [2.45, 2.75) is 33.4 Å². The zero-order valence-corrected chi connectivity index (χ0v) is 18.6. The molecule has 0 bridgehead atoms. The van der Waals surface area contributed by atoms with Gasteiger partial charge in [-0.3, -0.25) is 14.7 Å². The second kappa shape index (κ2) is 9.50. The average molecular weight is 436 g/mol. The lowest BCUT2D eigenvalue weighted by Gasteiger charge is -2.30. The van der Waals surface area contributed by atoms with Crippen molar-refractivity contribution in [3.8, 4) is 0 Å². The molecule has 1 aromatic carbocycles. The van der Waals surface area contributed by atoms with Crippen molar-refractivity contribution in [3.05, 3.63) is 93.2 Å². The van der Waals surface area contributed by atoms with Crippen molar-refractivity contribution in [2.75, 3.05) is 13.1 Å². The highest BCUT2D eigenvalue weighted by Gasteiger charge is 2.22. The zero-order valence-electron chi connectivity index (χ0n) is 17.8. The SMILES string of the molecule is Cc1ncc2c(c1CNC(=O)c1ccoc1C)CCN(C/C(Cl)=C/c1ccccc1)C2. The number of benzene rings is 1. The van der Waals surface area contributed by atoms with Gasteiger partial charge in [0, 0.05) is 43.1 Å². The standard InChI is InChI=1S/C25H26ClN3O2/c1-17-24(14-28-25(30)22-9-11-31-18(22)2)23-8-10-29(15-20(23)13-27-17)16-21(26)12-19-6-4-3-5-7-19/h3-7,9,11-13H,8,10,14-16H2,1-2H3,(H,28,30)/b21-12-. The Balaban J connectivity index is 1.44. The van der Waals surface area contributed by atoms with Crippen molar-refractivity contribution < 1.29 is 9.21 Å². The number of nitrogens with one attached hydrogen (secondary N) is 1. The highest BCUT2D eigenvalue weighted by Crippen LogP contribution is 2.25. The Kier molecular flexibility index (Phi) is 6.54. The molecule has 1 N–H and O–H groups in total. The molecule has 0 spiro atoms. The van der Waals surface area contributed by atoms with Crippen LogP contribution in [0.4, 0.5) is 0 Å². The topological polar surface area (TPSA) is 58.4 Å². The molecule has 4 rings (SSSR count). The molecule has 0 atom stereocenters. The van der Waals surface area contributed by atoms with Gasteiger partial charge in [-0.2, -0.15) is 0 Å². The van der Waals surface area contributed by atoms with Gasteiger partial charge in [-0.25, -0.2) is 0 Å². The van der Waals surface area contributed by atoms with E-state index >= 15 is 0 Å². The summed E-state index contributed by atoms with van der Waals surface area (Å²) in [5.74, 6) is 0.497. The van der Waals surface area contributed by atoms with E-state index < -0.39 is 0 Å². The molecule has 0 saturated carbocycles. The van der Waals surface area contributed by atoms with Crippen molar-refractivity contribution in [2.24, 2.45) is 0 Å². The third-order valence-corrected chi connectivity index (χ3v) is 5.93. The Morgan fingerprint density at radius 2 is 2.06 bits per heavy atom. The predicted molar refractivity (Wildman–Crippen MR) is 123 cm³/mol. The van der Waals surface area contributed by atoms with E-state index in [9.17, 15) is 4.79 Å². The molecule has 31 heavy (non-hydrogen) atoms. The van der Waals surface area contributed by atoms with Crippen LogP contribution in [0.15, 0.2) is 58.3 Å². The molecular weight excluding hydrogens is 410 g/mol. The largest absolute Gasteiger partial charge is 0.469 e. The van der Waals surface area contributed by atoms with E-state index in [2.05, 4.69) is 15.2 Å². The van der Waals surface area contributed by atoms with Crippen LogP contribution in [0.3, 0.4) is 0 Å². The van der Waals surface area contributed by atoms with E-state index in [-0.39, 0.29) is 5.91 Å². The summed E-state index contributed by atoms with van der Waals surface area (Å²) in [6, 6.07) is 11.8. The van der Waals surface area contributed by atoms with E-state index in [4.69, 9.17) is 16.0 Å². The van der Waals surface area contributed by atoms with Crippen LogP contribution in [-0.4, -0.2) is 28.9 Å². The molecule has 3 heterocycles. The Morgan fingerprint density at radius 3 is 2.81 bits per heavy atom. The fraction of sp³-hybridized carbons (Fsp3) is 0.280. The molecule has 0 fully saturated rings. The number of carbonyl (C=O) groups is 1. The first-order valence-electron chi connectivity index (χ1n) is 10.4. The first kappa shape index (κ1) is 21.3. The Morgan fingerprint density at radius 1 is 1.26 bits per heavy atom. The number of aryl methyl sites for hydroxylation is 2. The quantitative estimate of drug-likeness (QED) is 0.600. The van der Waals surface area contributed by atoms with Gasteiger partial charge in [-0.15, -0.1) is 0 Å². The summed E-state index contributed by atoms with van der Waals surface area (Å²) in [7, 11) is 0. The Labute approximate surface area is 187 Å². The second-order valence-electron chi connectivity index (χ2n) is 7.86. The number of fused-ring (bicyclic) bond motifs is 1. The summed E-state index contributed by atoms with van der Waals surface area (Å²) in [5, 5.41) is 3.84. The number of halogens is 1. The number of hydrogen-bond donors (Lipinski definition) is 1. The monoisotopic (exact) mass is 435 g/mol. The Hall–Kier alpha value is -2.89. The fourth-order valence-corrected chi connectivity index (χ4v) is 4.32. The number of pyridine rings is 1. The van der Waals surface area contributed by atoms with Gasteiger partial charge in [0.25, 0.3) is 5.91 Å². The van der Waals surface area contributed by atoms with Gasteiger partial charge in [0.15, 0.2) is 0 Å². The molecule has 160 valence electrons. The number of furan rings is 1. The van der Waals surface area contributed by atoms with E-state index in [1.807, 2.05) is 49.5 Å². The minimum atomic E-state index is -0.126. The molecule has 1 aliphatic heterocycles. The number of carbonyl (C=O) groups excluding carboxylic acids is 1. The predicted octanol–water partition coefficient (Wildman–Crippen LogP) is 4.86. The molecule has 5 nitrogen and oxygen atoms in total. The number of nitrogens with zero attached hydrogens (tertiary/aromatic N) is 2. The van der Waals surface area contributed by atoms with Crippen molar-refractivity contribution in [1.29, 1.82) is 0 Å². The normalized spacial score (nSPS) is 14.4. The maximum atomic E-state index is 12.5. The van der Waals surface area contributed by atoms with E-state index in [1.54, 1.807) is 13.0 Å². The first-order valence-corrected chi connectivity index (χ1v) is 10.8. The average Bonchev–Trinajstić information content (AvgIpc) is 3.19. The van der Waals surface area contributed by atoms with Gasteiger partial charge in [0.05, 0.1) is 11.8 Å². The molecule has 1 amide bonds. The van der Waals surface area contributed by atoms with Crippen LogP contribution in [0.1, 0.15) is 44.1 Å². The van der Waals surface area contributed by atoms with Crippen molar-refractivity contribution in [3.63, 3.8) is 0 Å². The minimum Gasteiger partial charge on any atom is -0.469 e. The summed E-state index contributed by atoms with van der Waals surface area (Å²) in [6.45, 7) is 6.66. The van der Waals surface area contributed by atoms with Crippen molar-refractivity contribution in [1.82, 2.24) is 15.2 Å². The first-order chi connectivity index (χ1) is 15.0. The fourth-order valence-electron chi connectivity index (χ4n) is 4.02. The maximum absolute atomic E-state index is 12.5. The summed E-state index contributed by atoms with van der Waals surface area (Å²) in [6.07, 6.45) is 6.41. The molecule has 1 aliphatic rings. The number of aromatic nitrogens is 1. The minimum absolute atomic E-state index is 0.126. The van der Waals surface area contributed by atoms with E-state index in [0.717, 1.165) is 41.4 Å². The lowest BCUT2D eigenvalue weighted by molar-refractivity contribution is 0.0949. The summed E-state index contributed by atoms with van der Waals surface area (Å²) in [5.41, 5.74) is 6.23. The smallest absolute Gasteiger partial charge is 0.255 e. The highest BCUT2D eigenvalue weighted by atomic mass is 35.5. The summed E-state index contributed by atoms with van der Waals surface area (Å²) in [4.78, 5) is 19.4. The third-order valence-electron chi connectivity index (χ3n) is 5.70. The van der Waals surface area contributed by atoms with Gasteiger partial charge < -0.3 is 9.73 Å². The van der Waals surface area contributed by atoms with Crippen LogP contribution in [0.5, 0.6) is 0 Å². The lowest BCUT2D eigenvalue weighted by atomic mass is 9.95. The maximum Gasteiger partial charge on any atom is 0.255 e. The molecule has 2 aromatic heterocycles. The number of rotatable bonds is 6. The Bertz CT molecular complexity index is 1110. The number of hydrogen-bond acceptors (Lipinski definition) is 4. The molecule has 3 aromatic rings. The molecule has 0 unspecified atom stereocenters. The number of amides is 1. The lowest BCUT2D eigenvalue weighted by Crippen LogP contribution is -2.33. The molecule has 0 radical (unpaired) electrons. The second-order valence-corrected chi connectivity index (χ2v) is 8.35. The van der Waals surface area contributed by atoms with Crippen LogP contribution in [0, 0.1) is 13.8 Å². The van der Waals surface area contributed by atoms with Gasteiger partial charge >= 0.3 is 0 Å². The van der Waals surface area contributed by atoms with Crippen LogP contribution in [0.2, 0.25) is 0 Å². The van der Waals surface area contributed by atoms with Crippen molar-refractivity contribution >= 4 is 23.6 Å². The van der Waals surface area contributed by atoms with Gasteiger partial charge in [-0.1, -0.05) is 41.9 Å². The van der Waals surface area contributed by atoms with E-state index in [0.29, 0.717) is 24.4 Å². The third kappa shape index (κ3) is 5.06. The van der Waals surface area contributed by atoms with Crippen LogP contribution in [-0.2, 0) is 19.5 Å². The van der Waals surface area contributed by atoms with Gasteiger partial charge in [0.1, 0.15) is 5.76 Å².